The maximum absolute atomic E-state index is 13.0. The minimum absolute atomic E-state index is 0. The first-order valence-corrected chi connectivity index (χ1v) is 19.9. The van der Waals surface area contributed by atoms with Gasteiger partial charge in [-0.15, -0.1) is 22.1 Å². The van der Waals surface area contributed by atoms with Gasteiger partial charge in [-0.2, -0.15) is 0 Å². The van der Waals surface area contributed by atoms with Gasteiger partial charge >= 0.3 is 16.5 Å². The van der Waals surface area contributed by atoms with Crippen LogP contribution in [0.15, 0.2) is 157 Å². The number of sulfone groups is 1. The number of nitrogens with zero attached hydrogens (tertiary/aromatic N) is 4. The third-order valence-electron chi connectivity index (χ3n) is 10.3. The molecule has 8 heteroatoms. The largest absolute Gasteiger partial charge is 2.00 e. The molecule has 3 aliphatic rings. The van der Waals surface area contributed by atoms with E-state index in [-0.39, 0.29) is 22.2 Å². The molecule has 1 atom stereocenters. The summed E-state index contributed by atoms with van der Waals surface area (Å²) in [5.74, 6) is -0.425. The van der Waals surface area contributed by atoms with Gasteiger partial charge in [0.2, 0.25) is 0 Å². The Balaban J connectivity index is 0.00000410. The average Bonchev–Trinajstić information content (AvgIpc) is 4.08. The van der Waals surface area contributed by atoms with Gasteiger partial charge in [0.25, 0.3) is 0 Å². The second kappa shape index (κ2) is 14.4. The number of fused-ring (bicyclic) bond motifs is 8. The van der Waals surface area contributed by atoms with Crippen LogP contribution in [-0.2, 0) is 26.3 Å². The monoisotopic (exact) mass is 786 g/mol. The molecule has 0 aliphatic carbocycles. The first-order valence-electron chi connectivity index (χ1n) is 18.2. The fourth-order valence-electron chi connectivity index (χ4n) is 7.84. The van der Waals surface area contributed by atoms with Crippen LogP contribution in [0, 0.1) is 5.92 Å². The molecule has 8 bridgehead atoms. The van der Waals surface area contributed by atoms with Crippen LogP contribution < -0.4 is 9.97 Å². The zero-order valence-corrected chi connectivity index (χ0v) is 31.7. The second-order valence-corrected chi connectivity index (χ2v) is 15.8. The molecule has 0 amide bonds. The molecule has 272 valence electrons. The molecule has 3 aliphatic heterocycles. The standard InChI is InChI=1S/C48H32N4O2S.Ni/c53-55(54)28-27-35(30-55)36-29-43-46(33-17-9-3-10-18-33)41-24-23-39(50-41)44(31-13-5-1-6-14-31)37-21-22-38(49-37)45(32-15-7-2-8-16-32)40-25-26-42(51-40)47(48(36)52-43)34-19-11-4-12-20-34;/h1-29,35H,30H2;/q-2;+2. The Morgan fingerprint density at radius 2 is 0.875 bits per heavy atom. The Kier molecular flexibility index (Phi) is 9.09. The number of hydrogen-bond donors (Lipinski definition) is 0. The van der Waals surface area contributed by atoms with Crippen molar-refractivity contribution in [3.05, 3.63) is 180 Å². The summed E-state index contributed by atoms with van der Waals surface area (Å²) in [6, 6.07) is 48.9. The molecule has 0 saturated carbocycles. The quantitative estimate of drug-likeness (QED) is 0.161. The van der Waals surface area contributed by atoms with Crippen molar-refractivity contribution in [3.63, 3.8) is 0 Å². The summed E-state index contributed by atoms with van der Waals surface area (Å²) in [5, 5.41) is 1.33. The molecule has 0 N–H and O–H groups in total. The third-order valence-corrected chi connectivity index (χ3v) is 11.7. The second-order valence-electron chi connectivity index (χ2n) is 13.8. The molecule has 4 aromatic carbocycles. The third kappa shape index (κ3) is 6.37. The van der Waals surface area contributed by atoms with Crippen LogP contribution in [0.2, 0.25) is 0 Å². The molecular formula is C48H32N4NiO2S. The van der Waals surface area contributed by atoms with E-state index in [1.54, 1.807) is 6.08 Å². The van der Waals surface area contributed by atoms with E-state index in [0.29, 0.717) is 11.4 Å². The molecule has 0 fully saturated rings. The fraction of sp³-hybridized carbons (Fsp3) is 0.0417. The van der Waals surface area contributed by atoms with E-state index in [4.69, 9.17) is 19.9 Å². The zero-order chi connectivity index (χ0) is 36.9. The van der Waals surface area contributed by atoms with Gasteiger partial charge in [-0.25, -0.2) is 18.4 Å². The van der Waals surface area contributed by atoms with Crippen molar-refractivity contribution >= 4 is 55.7 Å². The van der Waals surface area contributed by atoms with E-state index < -0.39 is 15.8 Å². The van der Waals surface area contributed by atoms with Crippen molar-refractivity contribution < 1.29 is 24.9 Å². The van der Waals surface area contributed by atoms with E-state index in [1.807, 2.05) is 91.0 Å². The minimum atomic E-state index is -3.38. The Hall–Kier alpha value is -6.34. The van der Waals surface area contributed by atoms with E-state index in [9.17, 15) is 8.42 Å². The summed E-state index contributed by atoms with van der Waals surface area (Å²) < 4.78 is 25.9. The van der Waals surface area contributed by atoms with E-state index in [0.717, 1.165) is 83.5 Å². The number of hydrogen-bond acceptors (Lipinski definition) is 4. The van der Waals surface area contributed by atoms with Crippen LogP contribution >= 0.6 is 0 Å². The van der Waals surface area contributed by atoms with Gasteiger partial charge in [-0.3, -0.25) is 0 Å². The minimum Gasteiger partial charge on any atom is -0.657 e. The molecule has 6 nitrogen and oxygen atoms in total. The van der Waals surface area contributed by atoms with Gasteiger partial charge in [-0.1, -0.05) is 152 Å². The van der Waals surface area contributed by atoms with Crippen LogP contribution in [0.4, 0.5) is 0 Å². The summed E-state index contributed by atoms with van der Waals surface area (Å²) in [4.78, 5) is 21.5. The number of benzene rings is 4. The van der Waals surface area contributed by atoms with Crippen LogP contribution in [0.5, 0.6) is 0 Å². The van der Waals surface area contributed by atoms with E-state index in [1.165, 1.54) is 5.41 Å². The Bertz CT molecular complexity index is 3010. The summed E-state index contributed by atoms with van der Waals surface area (Å²) in [6.07, 6.45) is 7.98. The Morgan fingerprint density at radius 1 is 0.482 bits per heavy atom. The van der Waals surface area contributed by atoms with Gasteiger partial charge in [0.05, 0.1) is 28.5 Å². The molecule has 3 aromatic heterocycles. The molecule has 7 aromatic rings. The maximum atomic E-state index is 13.0. The van der Waals surface area contributed by atoms with Crippen LogP contribution in [0.3, 0.4) is 0 Å². The van der Waals surface area contributed by atoms with Crippen molar-refractivity contribution in [2.24, 2.45) is 5.92 Å². The van der Waals surface area contributed by atoms with Gasteiger partial charge < -0.3 is 9.97 Å². The first-order chi connectivity index (χ1) is 27.0. The molecular weight excluding hydrogens is 755 g/mol. The van der Waals surface area contributed by atoms with Crippen LogP contribution in [0.25, 0.3) is 90.4 Å². The molecule has 10 rings (SSSR count). The number of allylic oxidation sites excluding steroid dienone is 2. The first kappa shape index (κ1) is 35.4. The molecule has 0 spiro atoms. The smallest absolute Gasteiger partial charge is 0.657 e. The number of rotatable bonds is 5. The van der Waals surface area contributed by atoms with Gasteiger partial charge in [0.1, 0.15) is 0 Å². The van der Waals surface area contributed by atoms with Gasteiger partial charge in [0, 0.05) is 11.3 Å². The normalized spacial score (nSPS) is 15.4. The van der Waals surface area contributed by atoms with Crippen molar-refractivity contribution in [1.82, 2.24) is 19.9 Å². The summed E-state index contributed by atoms with van der Waals surface area (Å²) >= 11 is 0. The molecule has 56 heavy (non-hydrogen) atoms. The molecule has 6 heterocycles. The Labute approximate surface area is 334 Å². The molecule has 1 unspecified atom stereocenters. The van der Waals surface area contributed by atoms with E-state index >= 15 is 0 Å². The summed E-state index contributed by atoms with van der Waals surface area (Å²) in [7, 11) is -3.38. The van der Waals surface area contributed by atoms with Crippen LogP contribution in [0.1, 0.15) is 22.8 Å². The van der Waals surface area contributed by atoms with Crippen molar-refractivity contribution in [2.75, 3.05) is 5.75 Å². The molecule has 0 saturated heterocycles. The SMILES string of the molecule is O=S1(=O)C=CC(C2=Cc3nc2c(-c2ccccc2)c2ccc([n-]2)c(-c2ccccc2)c2nc(c(-c4ccccc4)c4ccc([n-]4)c3-c3ccccc3)C=C2)C1.[Ni+2]. The summed E-state index contributed by atoms with van der Waals surface area (Å²) in [6.45, 7) is 0. The van der Waals surface area contributed by atoms with Gasteiger partial charge in [-0.05, 0) is 68.3 Å². The predicted molar refractivity (Wildman–Crippen MR) is 224 cm³/mol. The predicted octanol–water partition coefficient (Wildman–Crippen LogP) is 10.5. The number of aromatic nitrogens is 4. The van der Waals surface area contributed by atoms with Crippen molar-refractivity contribution in [1.29, 1.82) is 0 Å². The fourth-order valence-corrected chi connectivity index (χ4v) is 9.17. The van der Waals surface area contributed by atoms with Crippen LogP contribution in [-0.4, -0.2) is 24.1 Å². The van der Waals surface area contributed by atoms with E-state index in [2.05, 4.69) is 72.8 Å². The summed E-state index contributed by atoms with van der Waals surface area (Å²) in [5.41, 5.74) is 14.2. The Morgan fingerprint density at radius 3 is 1.29 bits per heavy atom. The average molecular weight is 788 g/mol. The molecule has 0 radical (unpaired) electrons. The zero-order valence-electron chi connectivity index (χ0n) is 29.9. The maximum Gasteiger partial charge on any atom is 2.00 e. The van der Waals surface area contributed by atoms with Gasteiger partial charge in [0.15, 0.2) is 9.84 Å². The van der Waals surface area contributed by atoms with Crippen molar-refractivity contribution in [2.45, 2.75) is 0 Å². The topological polar surface area (TPSA) is 88.1 Å². The van der Waals surface area contributed by atoms with Crippen molar-refractivity contribution in [3.8, 4) is 44.5 Å².